The first-order chi connectivity index (χ1) is 8.42. The molecule has 0 spiro atoms. The fourth-order valence-electron chi connectivity index (χ4n) is 1.41. The van der Waals surface area contributed by atoms with E-state index in [0.717, 1.165) is 4.90 Å². The van der Waals surface area contributed by atoms with Gasteiger partial charge in [0.15, 0.2) is 9.84 Å². The SMILES string of the molecule is C=CCN(C(=O)[O-])c1ccc(S(=O)(=O)CC)cc1. The summed E-state index contributed by atoms with van der Waals surface area (Å²) in [6, 6.07) is 5.63. The van der Waals surface area contributed by atoms with Crippen molar-refractivity contribution in [3.63, 3.8) is 0 Å². The minimum Gasteiger partial charge on any atom is -0.530 e. The minimum absolute atomic E-state index is 0.00318. The Morgan fingerprint density at radius 2 is 1.94 bits per heavy atom. The molecule has 98 valence electrons. The maximum absolute atomic E-state index is 11.6. The highest BCUT2D eigenvalue weighted by atomic mass is 32.2. The van der Waals surface area contributed by atoms with Gasteiger partial charge < -0.3 is 14.8 Å². The van der Waals surface area contributed by atoms with E-state index in [1.165, 1.54) is 30.3 Å². The Hall–Kier alpha value is -1.82. The normalized spacial score (nSPS) is 10.9. The molecule has 0 bridgehead atoms. The van der Waals surface area contributed by atoms with Crippen LogP contribution >= 0.6 is 0 Å². The monoisotopic (exact) mass is 268 g/mol. The third-order valence-electron chi connectivity index (χ3n) is 2.42. The predicted molar refractivity (Wildman–Crippen MR) is 67.1 cm³/mol. The number of sulfone groups is 1. The van der Waals surface area contributed by atoms with Crippen molar-refractivity contribution in [2.45, 2.75) is 11.8 Å². The van der Waals surface area contributed by atoms with Gasteiger partial charge in [-0.3, -0.25) is 0 Å². The summed E-state index contributed by atoms with van der Waals surface area (Å²) < 4.78 is 23.2. The summed E-state index contributed by atoms with van der Waals surface area (Å²) in [4.78, 5) is 12.0. The zero-order chi connectivity index (χ0) is 13.8. The maximum Gasteiger partial charge on any atom is 0.178 e. The van der Waals surface area contributed by atoms with E-state index in [2.05, 4.69) is 6.58 Å². The lowest BCUT2D eigenvalue weighted by Gasteiger charge is -2.23. The van der Waals surface area contributed by atoms with Crippen LogP contribution in [0.25, 0.3) is 0 Å². The van der Waals surface area contributed by atoms with Gasteiger partial charge in [0, 0.05) is 12.2 Å². The second-order valence-corrected chi connectivity index (χ2v) is 5.84. The number of benzene rings is 1. The average Bonchev–Trinajstić information content (AvgIpc) is 2.36. The molecule has 0 N–H and O–H groups in total. The highest BCUT2D eigenvalue weighted by Crippen LogP contribution is 2.18. The molecule has 0 aliphatic heterocycles. The largest absolute Gasteiger partial charge is 0.530 e. The molecule has 0 aliphatic rings. The Morgan fingerprint density at radius 1 is 1.39 bits per heavy atom. The first kappa shape index (κ1) is 14.2. The van der Waals surface area contributed by atoms with Gasteiger partial charge >= 0.3 is 0 Å². The molecular formula is C12H14NO4S-. The van der Waals surface area contributed by atoms with Crippen LogP contribution in [0.15, 0.2) is 41.8 Å². The van der Waals surface area contributed by atoms with Gasteiger partial charge in [0.25, 0.3) is 0 Å². The van der Waals surface area contributed by atoms with Crippen molar-refractivity contribution in [1.29, 1.82) is 0 Å². The summed E-state index contributed by atoms with van der Waals surface area (Å²) in [5.41, 5.74) is 0.352. The number of anilines is 1. The van der Waals surface area contributed by atoms with Gasteiger partial charge in [-0.15, -0.1) is 6.58 Å². The van der Waals surface area contributed by atoms with Gasteiger partial charge in [-0.2, -0.15) is 0 Å². The lowest BCUT2D eigenvalue weighted by atomic mass is 10.3. The number of amides is 1. The topological polar surface area (TPSA) is 77.5 Å². The van der Waals surface area contributed by atoms with Crippen molar-refractivity contribution >= 4 is 21.6 Å². The lowest BCUT2D eigenvalue weighted by molar-refractivity contribution is -0.246. The molecule has 6 heteroatoms. The zero-order valence-electron chi connectivity index (χ0n) is 10.00. The summed E-state index contributed by atoms with van der Waals surface area (Å²) in [7, 11) is -3.27. The van der Waals surface area contributed by atoms with E-state index in [1.54, 1.807) is 6.92 Å². The van der Waals surface area contributed by atoms with Crippen LogP contribution < -0.4 is 10.0 Å². The first-order valence-electron chi connectivity index (χ1n) is 5.34. The minimum atomic E-state index is -3.27. The quantitative estimate of drug-likeness (QED) is 0.741. The fraction of sp³-hybridized carbons (Fsp3) is 0.250. The average molecular weight is 268 g/mol. The number of nitrogens with zero attached hydrogens (tertiary/aromatic N) is 1. The molecule has 18 heavy (non-hydrogen) atoms. The zero-order valence-corrected chi connectivity index (χ0v) is 10.8. The van der Waals surface area contributed by atoms with Crippen LogP contribution in [-0.4, -0.2) is 26.8 Å². The smallest absolute Gasteiger partial charge is 0.178 e. The molecule has 0 heterocycles. The molecule has 0 fully saturated rings. The maximum atomic E-state index is 11.6. The van der Waals surface area contributed by atoms with Gasteiger partial charge in [-0.1, -0.05) is 13.0 Å². The molecule has 0 unspecified atom stereocenters. The molecule has 1 aromatic carbocycles. The molecule has 0 aromatic heterocycles. The van der Waals surface area contributed by atoms with E-state index in [-0.39, 0.29) is 17.2 Å². The highest BCUT2D eigenvalue weighted by molar-refractivity contribution is 7.91. The molecule has 1 aromatic rings. The van der Waals surface area contributed by atoms with Crippen molar-refractivity contribution in [1.82, 2.24) is 0 Å². The third kappa shape index (κ3) is 3.10. The molecule has 0 atom stereocenters. The number of hydrogen-bond donors (Lipinski definition) is 0. The summed E-state index contributed by atoms with van der Waals surface area (Å²) in [5, 5.41) is 10.9. The molecule has 0 radical (unpaired) electrons. The number of carbonyl (C=O) groups excluding carboxylic acids is 1. The van der Waals surface area contributed by atoms with Gasteiger partial charge in [-0.25, -0.2) is 8.42 Å². The fourth-order valence-corrected chi connectivity index (χ4v) is 2.30. The summed E-state index contributed by atoms with van der Waals surface area (Å²) >= 11 is 0. The van der Waals surface area contributed by atoms with Crippen LogP contribution in [0, 0.1) is 0 Å². The standard InChI is InChI=1S/C12H15NO4S/c1-3-9-13(12(14)15)10-5-7-11(8-6-10)18(16,17)4-2/h3,5-8H,1,4,9H2,2H3,(H,14,15)/p-1. The molecule has 0 saturated carbocycles. The van der Waals surface area contributed by atoms with Crippen molar-refractivity contribution < 1.29 is 18.3 Å². The summed E-state index contributed by atoms with van der Waals surface area (Å²) in [5.74, 6) is 0.00318. The van der Waals surface area contributed by atoms with E-state index >= 15 is 0 Å². The van der Waals surface area contributed by atoms with Crippen LogP contribution in [0.2, 0.25) is 0 Å². The molecule has 1 rings (SSSR count). The van der Waals surface area contributed by atoms with E-state index < -0.39 is 15.9 Å². The number of rotatable bonds is 5. The lowest BCUT2D eigenvalue weighted by Crippen LogP contribution is -2.41. The molecular weight excluding hydrogens is 254 g/mol. The summed E-state index contributed by atoms with van der Waals surface area (Å²) in [6.45, 7) is 5.09. The van der Waals surface area contributed by atoms with Crippen LogP contribution in [0.1, 0.15) is 6.92 Å². The second kappa shape index (κ2) is 5.68. The van der Waals surface area contributed by atoms with Crippen molar-refractivity contribution in [2.24, 2.45) is 0 Å². The van der Waals surface area contributed by atoms with Gasteiger partial charge in [0.1, 0.15) is 6.09 Å². The first-order valence-corrected chi connectivity index (χ1v) is 7.00. The van der Waals surface area contributed by atoms with E-state index in [0.29, 0.717) is 5.69 Å². The van der Waals surface area contributed by atoms with Crippen molar-refractivity contribution in [3.8, 4) is 0 Å². The number of carboxylic acid groups (broad SMARTS) is 1. The van der Waals surface area contributed by atoms with Gasteiger partial charge in [0.2, 0.25) is 0 Å². The number of hydrogen-bond acceptors (Lipinski definition) is 4. The van der Waals surface area contributed by atoms with Crippen molar-refractivity contribution in [2.75, 3.05) is 17.2 Å². The van der Waals surface area contributed by atoms with Crippen LogP contribution in [-0.2, 0) is 9.84 Å². The third-order valence-corrected chi connectivity index (χ3v) is 4.17. The Kier molecular flexibility index (Phi) is 4.49. The Morgan fingerprint density at radius 3 is 2.33 bits per heavy atom. The Bertz CT molecular complexity index is 534. The molecule has 1 amide bonds. The van der Waals surface area contributed by atoms with Gasteiger partial charge in [0.05, 0.1) is 10.6 Å². The van der Waals surface area contributed by atoms with Crippen LogP contribution in [0.4, 0.5) is 10.5 Å². The van der Waals surface area contributed by atoms with E-state index in [1.807, 2.05) is 0 Å². The van der Waals surface area contributed by atoms with Crippen LogP contribution in [0.3, 0.4) is 0 Å². The Balaban J connectivity index is 3.08. The molecule has 5 nitrogen and oxygen atoms in total. The van der Waals surface area contributed by atoms with Crippen LogP contribution in [0.5, 0.6) is 0 Å². The molecule has 0 saturated heterocycles. The van der Waals surface area contributed by atoms with Crippen molar-refractivity contribution in [3.05, 3.63) is 36.9 Å². The summed E-state index contributed by atoms with van der Waals surface area (Å²) in [6.07, 6.45) is 0.0629. The predicted octanol–water partition coefficient (Wildman–Crippen LogP) is 0.816. The number of carbonyl (C=O) groups is 1. The highest BCUT2D eigenvalue weighted by Gasteiger charge is 2.12. The van der Waals surface area contributed by atoms with Gasteiger partial charge in [-0.05, 0) is 24.3 Å². The molecule has 0 aliphatic carbocycles. The van der Waals surface area contributed by atoms with E-state index in [9.17, 15) is 18.3 Å². The Labute approximate surface area is 106 Å². The van der Waals surface area contributed by atoms with E-state index in [4.69, 9.17) is 0 Å². The second-order valence-electron chi connectivity index (χ2n) is 3.56.